The van der Waals surface area contributed by atoms with Crippen molar-refractivity contribution in [3.8, 4) is 11.4 Å². The van der Waals surface area contributed by atoms with Gasteiger partial charge in [0.2, 0.25) is 5.76 Å². The van der Waals surface area contributed by atoms with E-state index in [1.165, 1.54) is 0 Å². The zero-order chi connectivity index (χ0) is 18.1. The smallest absolute Gasteiger partial charge is 0.297 e. The molecule has 6 nitrogen and oxygen atoms in total. The third-order valence-electron chi connectivity index (χ3n) is 4.74. The topological polar surface area (TPSA) is 62.5 Å². The molecule has 1 aliphatic heterocycles. The predicted octanol–water partition coefficient (Wildman–Crippen LogP) is 3.61. The maximum atomic E-state index is 13.2. The zero-order valence-corrected chi connectivity index (χ0v) is 14.8. The van der Waals surface area contributed by atoms with Gasteiger partial charge in [0, 0.05) is 31.9 Å². The molecule has 132 valence electrons. The zero-order valence-electron chi connectivity index (χ0n) is 14.8. The third kappa shape index (κ3) is 2.83. The first kappa shape index (κ1) is 16.3. The molecule has 0 saturated heterocycles. The van der Waals surface area contributed by atoms with Crippen LogP contribution in [-0.4, -0.2) is 35.7 Å². The minimum atomic E-state index is -0.185. The molecule has 2 aromatic heterocycles. The van der Waals surface area contributed by atoms with Crippen molar-refractivity contribution in [1.82, 2.24) is 10.1 Å². The molecule has 1 atom stereocenters. The van der Waals surface area contributed by atoms with E-state index in [0.717, 1.165) is 24.3 Å². The Kier molecular flexibility index (Phi) is 4.16. The molecular weight excluding hydrogens is 328 g/mol. The minimum absolute atomic E-state index is 0.0528. The Morgan fingerprint density at radius 1 is 1.12 bits per heavy atom. The number of anilines is 2. The number of benzene rings is 1. The van der Waals surface area contributed by atoms with Gasteiger partial charge in [-0.3, -0.25) is 9.78 Å². The Hall–Kier alpha value is -3.15. The van der Waals surface area contributed by atoms with Crippen LogP contribution in [0, 0.1) is 0 Å². The second-order valence-corrected chi connectivity index (χ2v) is 6.51. The molecule has 26 heavy (non-hydrogen) atoms. The van der Waals surface area contributed by atoms with E-state index in [1.54, 1.807) is 12.3 Å². The van der Waals surface area contributed by atoms with Gasteiger partial charge in [-0.15, -0.1) is 0 Å². The number of hydrogen-bond acceptors (Lipinski definition) is 5. The summed E-state index contributed by atoms with van der Waals surface area (Å²) in [6.45, 7) is 2.95. The Morgan fingerprint density at radius 2 is 1.88 bits per heavy atom. The highest BCUT2D eigenvalue weighted by atomic mass is 16.5. The van der Waals surface area contributed by atoms with Crippen LogP contribution in [0.3, 0.4) is 0 Å². The van der Waals surface area contributed by atoms with Gasteiger partial charge in [0.25, 0.3) is 5.91 Å². The molecule has 0 saturated carbocycles. The Labute approximate surface area is 152 Å². The van der Waals surface area contributed by atoms with Crippen molar-refractivity contribution >= 4 is 17.3 Å². The predicted molar refractivity (Wildman–Crippen MR) is 100 cm³/mol. The quantitative estimate of drug-likeness (QED) is 0.708. The van der Waals surface area contributed by atoms with Gasteiger partial charge < -0.3 is 14.3 Å². The molecule has 0 spiro atoms. The fourth-order valence-electron chi connectivity index (χ4n) is 3.30. The van der Waals surface area contributed by atoms with E-state index in [0.29, 0.717) is 11.4 Å². The minimum Gasteiger partial charge on any atom is -0.373 e. The van der Waals surface area contributed by atoms with Crippen molar-refractivity contribution < 1.29 is 9.32 Å². The van der Waals surface area contributed by atoms with Gasteiger partial charge in [0.1, 0.15) is 5.69 Å². The lowest BCUT2D eigenvalue weighted by atomic mass is 10.1. The van der Waals surface area contributed by atoms with Crippen LogP contribution in [0.4, 0.5) is 11.4 Å². The van der Waals surface area contributed by atoms with Crippen molar-refractivity contribution in [3.05, 3.63) is 60.5 Å². The van der Waals surface area contributed by atoms with E-state index in [4.69, 9.17) is 4.52 Å². The number of nitrogens with zero attached hydrogens (tertiary/aromatic N) is 4. The summed E-state index contributed by atoms with van der Waals surface area (Å²) in [4.78, 5) is 21.5. The monoisotopic (exact) mass is 348 g/mol. The van der Waals surface area contributed by atoms with Crippen molar-refractivity contribution in [2.45, 2.75) is 19.4 Å². The van der Waals surface area contributed by atoms with Crippen LogP contribution >= 0.6 is 0 Å². The molecule has 0 fully saturated rings. The van der Waals surface area contributed by atoms with Gasteiger partial charge >= 0.3 is 0 Å². The first-order valence-electron chi connectivity index (χ1n) is 8.67. The molecule has 4 rings (SSSR count). The molecule has 0 aliphatic carbocycles. The Balaban J connectivity index is 1.71. The molecule has 0 N–H and O–H groups in total. The second kappa shape index (κ2) is 6.63. The van der Waals surface area contributed by atoms with Crippen LogP contribution in [0.1, 0.15) is 23.9 Å². The summed E-state index contributed by atoms with van der Waals surface area (Å²) >= 11 is 0. The summed E-state index contributed by atoms with van der Waals surface area (Å²) in [6, 6.07) is 15.2. The molecule has 6 heteroatoms. The van der Waals surface area contributed by atoms with Crippen LogP contribution in [0.15, 0.2) is 59.3 Å². The molecular formula is C20H20N4O2. The van der Waals surface area contributed by atoms with E-state index in [-0.39, 0.29) is 17.7 Å². The van der Waals surface area contributed by atoms with Crippen molar-refractivity contribution in [2.24, 2.45) is 0 Å². The van der Waals surface area contributed by atoms with Crippen LogP contribution < -0.4 is 9.80 Å². The van der Waals surface area contributed by atoms with Gasteiger partial charge in [-0.1, -0.05) is 23.4 Å². The molecule has 0 radical (unpaired) electrons. The standard InChI is InChI=1S/C20H20N4O2/c1-14-10-12-23(2)17-8-3-4-9-18(17)24(14)20(25)19-13-16(22-26-19)15-7-5-6-11-21-15/h3-9,11,13-14H,10,12H2,1-2H3/t14-/m0/s1. The summed E-state index contributed by atoms with van der Waals surface area (Å²) in [5, 5.41) is 4.03. The fraction of sp³-hybridized carbons (Fsp3) is 0.250. The van der Waals surface area contributed by atoms with Crippen molar-refractivity contribution in [2.75, 3.05) is 23.4 Å². The number of rotatable bonds is 2. The average Bonchev–Trinajstić information content (AvgIpc) is 3.13. The summed E-state index contributed by atoms with van der Waals surface area (Å²) in [7, 11) is 2.05. The van der Waals surface area contributed by atoms with Gasteiger partial charge in [-0.2, -0.15) is 0 Å². The number of carbonyl (C=O) groups is 1. The summed E-state index contributed by atoms with van der Waals surface area (Å²) in [6.07, 6.45) is 2.56. The van der Waals surface area contributed by atoms with E-state index >= 15 is 0 Å². The molecule has 3 heterocycles. The normalized spacial score (nSPS) is 16.9. The number of hydrogen-bond donors (Lipinski definition) is 0. The molecule has 1 aromatic carbocycles. The van der Waals surface area contributed by atoms with Crippen LogP contribution in [0.5, 0.6) is 0 Å². The maximum Gasteiger partial charge on any atom is 0.297 e. The molecule has 1 amide bonds. The van der Waals surface area contributed by atoms with Crippen LogP contribution in [-0.2, 0) is 0 Å². The van der Waals surface area contributed by atoms with Gasteiger partial charge in [-0.25, -0.2) is 0 Å². The number of para-hydroxylation sites is 2. The summed E-state index contributed by atoms with van der Waals surface area (Å²) < 4.78 is 5.37. The first-order valence-corrected chi connectivity index (χ1v) is 8.67. The molecule has 0 bridgehead atoms. The molecule has 1 aliphatic rings. The lowest BCUT2D eigenvalue weighted by Gasteiger charge is -2.27. The van der Waals surface area contributed by atoms with Gasteiger partial charge in [0.05, 0.1) is 17.1 Å². The van der Waals surface area contributed by atoms with Crippen LogP contribution in [0.2, 0.25) is 0 Å². The molecule has 0 unspecified atom stereocenters. The highest BCUT2D eigenvalue weighted by Gasteiger charge is 2.31. The average molecular weight is 348 g/mol. The molecule has 3 aromatic rings. The number of aromatic nitrogens is 2. The van der Waals surface area contributed by atoms with E-state index in [9.17, 15) is 4.79 Å². The highest BCUT2D eigenvalue weighted by Crippen LogP contribution is 2.35. The Bertz CT molecular complexity index is 922. The summed E-state index contributed by atoms with van der Waals surface area (Å²) in [5.74, 6) is 0.0341. The van der Waals surface area contributed by atoms with E-state index < -0.39 is 0 Å². The number of fused-ring (bicyclic) bond motifs is 1. The van der Waals surface area contributed by atoms with E-state index in [2.05, 4.69) is 22.0 Å². The first-order chi connectivity index (χ1) is 12.6. The third-order valence-corrected chi connectivity index (χ3v) is 4.74. The lowest BCUT2D eigenvalue weighted by Crippen LogP contribution is -2.38. The highest BCUT2D eigenvalue weighted by molar-refractivity contribution is 6.07. The summed E-state index contributed by atoms with van der Waals surface area (Å²) in [5.41, 5.74) is 3.16. The largest absolute Gasteiger partial charge is 0.373 e. The van der Waals surface area contributed by atoms with Gasteiger partial charge in [-0.05, 0) is 37.6 Å². The van der Waals surface area contributed by atoms with E-state index in [1.807, 2.05) is 54.4 Å². The second-order valence-electron chi connectivity index (χ2n) is 6.51. The SMILES string of the molecule is C[C@H]1CCN(C)c2ccccc2N1C(=O)c1cc(-c2ccccn2)no1. The fourth-order valence-corrected chi connectivity index (χ4v) is 3.30. The lowest BCUT2D eigenvalue weighted by molar-refractivity contribution is 0.0942. The van der Waals surface area contributed by atoms with Crippen molar-refractivity contribution in [1.29, 1.82) is 0 Å². The number of amides is 1. The Morgan fingerprint density at radius 3 is 2.65 bits per heavy atom. The number of pyridine rings is 1. The van der Waals surface area contributed by atoms with Gasteiger partial charge in [0.15, 0.2) is 0 Å². The van der Waals surface area contributed by atoms with Crippen LogP contribution in [0.25, 0.3) is 11.4 Å². The van der Waals surface area contributed by atoms with Crippen molar-refractivity contribution in [3.63, 3.8) is 0 Å². The number of carbonyl (C=O) groups excluding carboxylic acids is 1. The maximum absolute atomic E-state index is 13.2.